The molecule has 9 heteroatoms. The number of aryl methyl sites for hydroxylation is 2. The van der Waals surface area contributed by atoms with Gasteiger partial charge in [-0.25, -0.2) is 14.4 Å². The van der Waals surface area contributed by atoms with Crippen molar-refractivity contribution in [3.05, 3.63) is 61.3 Å². The summed E-state index contributed by atoms with van der Waals surface area (Å²) < 4.78 is 5.21. The molecule has 2 heterocycles. The average molecular weight is 372 g/mol. The third-order valence-electron chi connectivity index (χ3n) is 4.63. The topological polar surface area (TPSA) is 108 Å². The number of carboxylic acids is 1. The van der Waals surface area contributed by atoms with Gasteiger partial charge in [0.05, 0.1) is 16.7 Å². The van der Waals surface area contributed by atoms with Crippen LogP contribution in [0.3, 0.4) is 0 Å². The van der Waals surface area contributed by atoms with Crippen molar-refractivity contribution >= 4 is 17.0 Å². The SMILES string of the molecule is CCn1c(=O)c(C(=O)O)cn(-c2ccc3c(c2)n(CC)c(=O)n3CC)c1=O. The van der Waals surface area contributed by atoms with Crippen LogP contribution >= 0.6 is 0 Å². The zero-order valence-electron chi connectivity index (χ0n) is 15.3. The van der Waals surface area contributed by atoms with Gasteiger partial charge in [-0.05, 0) is 39.0 Å². The molecule has 0 aliphatic carbocycles. The van der Waals surface area contributed by atoms with Gasteiger partial charge in [-0.2, -0.15) is 0 Å². The van der Waals surface area contributed by atoms with Gasteiger partial charge in [-0.15, -0.1) is 0 Å². The molecule has 3 rings (SSSR count). The van der Waals surface area contributed by atoms with Crippen molar-refractivity contribution in [1.29, 1.82) is 0 Å². The highest BCUT2D eigenvalue weighted by Crippen LogP contribution is 2.18. The molecule has 0 radical (unpaired) electrons. The molecular formula is C18H20N4O5. The first-order chi connectivity index (χ1) is 12.8. The van der Waals surface area contributed by atoms with E-state index in [1.165, 1.54) is 0 Å². The fourth-order valence-electron chi connectivity index (χ4n) is 3.28. The van der Waals surface area contributed by atoms with E-state index >= 15 is 0 Å². The zero-order chi connectivity index (χ0) is 19.9. The standard InChI is InChI=1S/C18H20N4O5/c1-4-19-13-8-7-11(9-14(13)20(5-2)17(19)26)22-10-12(16(24)25)15(23)21(6-3)18(22)27/h7-10H,4-6H2,1-3H3,(H,24,25). The summed E-state index contributed by atoms with van der Waals surface area (Å²) in [5.41, 5.74) is -0.363. The molecule has 0 amide bonds. The predicted molar refractivity (Wildman–Crippen MR) is 100 cm³/mol. The molecule has 0 bridgehead atoms. The number of aromatic carboxylic acids is 1. The van der Waals surface area contributed by atoms with Gasteiger partial charge in [0, 0.05) is 25.8 Å². The van der Waals surface area contributed by atoms with Gasteiger partial charge < -0.3 is 5.11 Å². The molecule has 0 spiro atoms. The third-order valence-corrected chi connectivity index (χ3v) is 4.63. The first-order valence-electron chi connectivity index (χ1n) is 8.68. The van der Waals surface area contributed by atoms with Crippen LogP contribution in [0.2, 0.25) is 0 Å². The predicted octanol–water partition coefficient (Wildman–Crippen LogP) is 0.873. The van der Waals surface area contributed by atoms with Crippen molar-refractivity contribution in [2.45, 2.75) is 40.4 Å². The van der Waals surface area contributed by atoms with Crippen LogP contribution in [-0.4, -0.2) is 29.3 Å². The number of benzene rings is 1. The Morgan fingerprint density at radius 3 is 2.04 bits per heavy atom. The van der Waals surface area contributed by atoms with E-state index in [4.69, 9.17) is 0 Å². The quantitative estimate of drug-likeness (QED) is 0.715. The van der Waals surface area contributed by atoms with Crippen LogP contribution in [0.5, 0.6) is 0 Å². The monoisotopic (exact) mass is 372 g/mol. The van der Waals surface area contributed by atoms with E-state index in [0.717, 1.165) is 20.8 Å². The second-order valence-electron chi connectivity index (χ2n) is 5.99. The van der Waals surface area contributed by atoms with E-state index < -0.39 is 22.8 Å². The molecule has 142 valence electrons. The fraction of sp³-hybridized carbons (Fsp3) is 0.333. The lowest BCUT2D eigenvalue weighted by Gasteiger charge is -2.11. The summed E-state index contributed by atoms with van der Waals surface area (Å²) in [6, 6.07) is 5.01. The molecule has 0 fully saturated rings. The van der Waals surface area contributed by atoms with E-state index in [9.17, 15) is 24.3 Å². The van der Waals surface area contributed by atoms with Crippen molar-refractivity contribution in [3.63, 3.8) is 0 Å². The van der Waals surface area contributed by atoms with Crippen LogP contribution in [0.25, 0.3) is 16.7 Å². The molecule has 0 aliphatic rings. The molecule has 9 nitrogen and oxygen atoms in total. The maximum absolute atomic E-state index is 12.7. The van der Waals surface area contributed by atoms with E-state index in [2.05, 4.69) is 0 Å². The summed E-state index contributed by atoms with van der Waals surface area (Å²) in [5.74, 6) is -1.40. The van der Waals surface area contributed by atoms with Crippen molar-refractivity contribution in [3.8, 4) is 5.69 Å². The van der Waals surface area contributed by atoms with Crippen molar-refractivity contribution in [1.82, 2.24) is 18.3 Å². The molecule has 0 aliphatic heterocycles. The Morgan fingerprint density at radius 2 is 1.48 bits per heavy atom. The number of carbonyl (C=O) groups is 1. The largest absolute Gasteiger partial charge is 0.477 e. The molecule has 1 aromatic carbocycles. The molecule has 0 atom stereocenters. The van der Waals surface area contributed by atoms with Crippen LogP contribution in [0, 0.1) is 0 Å². The Balaban J connectivity index is 2.38. The number of aromatic nitrogens is 4. The second kappa shape index (κ2) is 6.75. The highest BCUT2D eigenvalue weighted by atomic mass is 16.4. The molecular weight excluding hydrogens is 352 g/mol. The van der Waals surface area contributed by atoms with E-state index in [0.29, 0.717) is 24.3 Å². The first-order valence-corrected chi connectivity index (χ1v) is 8.68. The Morgan fingerprint density at radius 1 is 0.889 bits per heavy atom. The van der Waals surface area contributed by atoms with Gasteiger partial charge in [0.1, 0.15) is 5.56 Å². The normalized spacial score (nSPS) is 11.2. The van der Waals surface area contributed by atoms with Gasteiger partial charge >= 0.3 is 17.3 Å². The van der Waals surface area contributed by atoms with Crippen molar-refractivity contribution in [2.75, 3.05) is 0 Å². The molecule has 2 aromatic heterocycles. The van der Waals surface area contributed by atoms with Gasteiger partial charge in [-0.1, -0.05) is 0 Å². The van der Waals surface area contributed by atoms with Crippen molar-refractivity contribution in [2.24, 2.45) is 0 Å². The summed E-state index contributed by atoms with van der Waals surface area (Å²) in [5, 5.41) is 9.30. The van der Waals surface area contributed by atoms with Gasteiger partial charge in [-0.3, -0.25) is 23.1 Å². The Labute approximate surface area is 153 Å². The lowest BCUT2D eigenvalue weighted by atomic mass is 10.2. The Bertz CT molecular complexity index is 1230. The maximum Gasteiger partial charge on any atom is 0.342 e. The molecule has 0 saturated carbocycles. The second-order valence-corrected chi connectivity index (χ2v) is 5.99. The summed E-state index contributed by atoms with van der Waals surface area (Å²) in [7, 11) is 0. The summed E-state index contributed by atoms with van der Waals surface area (Å²) in [4.78, 5) is 48.7. The minimum Gasteiger partial charge on any atom is -0.477 e. The third kappa shape index (κ3) is 2.71. The number of hydrogen-bond donors (Lipinski definition) is 1. The minimum absolute atomic E-state index is 0.0485. The average Bonchev–Trinajstić information content (AvgIpc) is 2.91. The summed E-state index contributed by atoms with van der Waals surface area (Å²) >= 11 is 0. The van der Waals surface area contributed by atoms with Crippen LogP contribution < -0.4 is 16.9 Å². The van der Waals surface area contributed by atoms with Gasteiger partial charge in [0.2, 0.25) is 0 Å². The zero-order valence-corrected chi connectivity index (χ0v) is 15.3. The van der Waals surface area contributed by atoms with Crippen LogP contribution in [0.15, 0.2) is 38.8 Å². The minimum atomic E-state index is -1.40. The molecule has 0 unspecified atom stereocenters. The smallest absolute Gasteiger partial charge is 0.342 e. The van der Waals surface area contributed by atoms with E-state index in [1.54, 1.807) is 34.3 Å². The number of hydrogen-bond acceptors (Lipinski definition) is 4. The fourth-order valence-corrected chi connectivity index (χ4v) is 3.28. The first kappa shape index (κ1) is 18.4. The highest BCUT2D eigenvalue weighted by Gasteiger charge is 2.18. The lowest BCUT2D eigenvalue weighted by Crippen LogP contribution is -2.41. The van der Waals surface area contributed by atoms with Crippen LogP contribution in [0.1, 0.15) is 31.1 Å². The molecule has 0 saturated heterocycles. The number of carboxylic acid groups (broad SMARTS) is 1. The number of rotatable bonds is 5. The van der Waals surface area contributed by atoms with Crippen molar-refractivity contribution < 1.29 is 9.90 Å². The lowest BCUT2D eigenvalue weighted by molar-refractivity contribution is 0.0693. The number of nitrogens with zero attached hydrogens (tertiary/aromatic N) is 4. The maximum atomic E-state index is 12.7. The van der Waals surface area contributed by atoms with E-state index in [-0.39, 0.29) is 12.2 Å². The molecule has 27 heavy (non-hydrogen) atoms. The Hall–Kier alpha value is -3.36. The van der Waals surface area contributed by atoms with E-state index in [1.807, 2.05) is 13.8 Å². The van der Waals surface area contributed by atoms with Crippen LogP contribution in [-0.2, 0) is 19.6 Å². The molecule has 1 N–H and O–H groups in total. The van der Waals surface area contributed by atoms with Gasteiger partial charge in [0.25, 0.3) is 5.56 Å². The summed E-state index contributed by atoms with van der Waals surface area (Å²) in [6.07, 6.45) is 1.03. The highest BCUT2D eigenvalue weighted by molar-refractivity contribution is 5.87. The van der Waals surface area contributed by atoms with Crippen LogP contribution in [0.4, 0.5) is 0 Å². The molecule has 3 aromatic rings. The van der Waals surface area contributed by atoms with Gasteiger partial charge in [0.15, 0.2) is 0 Å². The summed E-state index contributed by atoms with van der Waals surface area (Å²) in [6.45, 7) is 6.32. The Kier molecular flexibility index (Phi) is 4.61. The number of fused-ring (bicyclic) bond motifs is 1. The number of imidazole rings is 1.